The van der Waals surface area contributed by atoms with Crippen molar-refractivity contribution in [2.75, 3.05) is 26.2 Å². The van der Waals surface area contributed by atoms with Crippen molar-refractivity contribution in [2.45, 2.75) is 38.5 Å². The summed E-state index contributed by atoms with van der Waals surface area (Å²) in [4.78, 5) is 6.86. The molecule has 138 valence electrons. The summed E-state index contributed by atoms with van der Waals surface area (Å²) in [5.41, 5.74) is 2.49. The van der Waals surface area contributed by atoms with Gasteiger partial charge in [0.15, 0.2) is 11.9 Å². The monoisotopic (exact) mass is 353 g/mol. The SMILES string of the molecule is CCCC1CNCCN1Cc1ccc(C2COc3cccnc3O2)cc1. The third-order valence-corrected chi connectivity index (χ3v) is 5.21. The number of hydrogen-bond donors (Lipinski definition) is 1. The Morgan fingerprint density at radius 3 is 2.96 bits per heavy atom. The van der Waals surface area contributed by atoms with E-state index < -0.39 is 0 Å². The average Bonchev–Trinajstić information content (AvgIpc) is 2.70. The normalized spacial score (nSPS) is 23.0. The summed E-state index contributed by atoms with van der Waals surface area (Å²) in [7, 11) is 0. The van der Waals surface area contributed by atoms with Gasteiger partial charge in [0.05, 0.1) is 0 Å². The summed E-state index contributed by atoms with van der Waals surface area (Å²) in [6.45, 7) is 7.10. The van der Waals surface area contributed by atoms with Crippen LogP contribution in [0.3, 0.4) is 0 Å². The largest absolute Gasteiger partial charge is 0.484 e. The van der Waals surface area contributed by atoms with Gasteiger partial charge in [0.25, 0.3) is 5.88 Å². The van der Waals surface area contributed by atoms with Crippen molar-refractivity contribution in [3.05, 3.63) is 53.7 Å². The first-order valence-corrected chi connectivity index (χ1v) is 9.61. The molecule has 1 fully saturated rings. The number of rotatable bonds is 5. The van der Waals surface area contributed by atoms with E-state index in [1.54, 1.807) is 6.20 Å². The van der Waals surface area contributed by atoms with Crippen molar-refractivity contribution in [1.82, 2.24) is 15.2 Å². The van der Waals surface area contributed by atoms with Gasteiger partial charge in [-0.2, -0.15) is 0 Å². The van der Waals surface area contributed by atoms with Crippen molar-refractivity contribution in [3.63, 3.8) is 0 Å². The molecule has 0 aliphatic carbocycles. The van der Waals surface area contributed by atoms with Gasteiger partial charge in [0.1, 0.15) is 6.61 Å². The van der Waals surface area contributed by atoms with Crippen molar-refractivity contribution in [2.24, 2.45) is 0 Å². The molecule has 4 rings (SSSR count). The molecule has 2 unspecified atom stereocenters. The van der Waals surface area contributed by atoms with E-state index in [-0.39, 0.29) is 6.10 Å². The van der Waals surface area contributed by atoms with Crippen LogP contribution in [0.1, 0.15) is 37.0 Å². The van der Waals surface area contributed by atoms with Gasteiger partial charge in [0.2, 0.25) is 0 Å². The minimum absolute atomic E-state index is 0.0986. The molecule has 0 spiro atoms. The molecule has 2 aliphatic heterocycles. The maximum absolute atomic E-state index is 6.00. The fraction of sp³-hybridized carbons (Fsp3) is 0.476. The van der Waals surface area contributed by atoms with Crippen LogP contribution in [0.2, 0.25) is 0 Å². The second-order valence-corrected chi connectivity index (χ2v) is 7.08. The van der Waals surface area contributed by atoms with Gasteiger partial charge in [-0.3, -0.25) is 4.90 Å². The van der Waals surface area contributed by atoms with E-state index in [2.05, 4.69) is 46.4 Å². The van der Waals surface area contributed by atoms with Crippen molar-refractivity contribution in [3.8, 4) is 11.6 Å². The Kier molecular flexibility index (Phi) is 5.37. The molecule has 0 bridgehead atoms. The Morgan fingerprint density at radius 2 is 2.12 bits per heavy atom. The highest BCUT2D eigenvalue weighted by Gasteiger charge is 2.24. The molecule has 1 saturated heterocycles. The second-order valence-electron chi connectivity index (χ2n) is 7.08. The molecule has 5 nitrogen and oxygen atoms in total. The molecule has 2 atom stereocenters. The number of hydrogen-bond acceptors (Lipinski definition) is 5. The third kappa shape index (κ3) is 3.84. The maximum atomic E-state index is 6.00. The number of pyridine rings is 1. The van der Waals surface area contributed by atoms with Crippen LogP contribution in [0.5, 0.6) is 11.6 Å². The number of nitrogens with zero attached hydrogens (tertiary/aromatic N) is 2. The Hall–Kier alpha value is -2.11. The first kappa shape index (κ1) is 17.3. The molecule has 2 aliphatic rings. The Labute approximate surface area is 155 Å². The number of nitrogens with one attached hydrogen (secondary N) is 1. The lowest BCUT2D eigenvalue weighted by molar-refractivity contribution is 0.0850. The predicted molar refractivity (Wildman–Crippen MR) is 102 cm³/mol. The molecule has 3 heterocycles. The van der Waals surface area contributed by atoms with Crippen molar-refractivity contribution >= 4 is 0 Å². The zero-order chi connectivity index (χ0) is 17.8. The van der Waals surface area contributed by atoms with Gasteiger partial charge in [-0.1, -0.05) is 37.6 Å². The highest BCUT2D eigenvalue weighted by Crippen LogP contribution is 2.34. The maximum Gasteiger partial charge on any atom is 0.257 e. The Morgan fingerprint density at radius 1 is 1.23 bits per heavy atom. The van der Waals surface area contributed by atoms with E-state index in [4.69, 9.17) is 9.47 Å². The highest BCUT2D eigenvalue weighted by atomic mass is 16.6. The summed E-state index contributed by atoms with van der Waals surface area (Å²) >= 11 is 0. The van der Waals surface area contributed by atoms with Crippen LogP contribution >= 0.6 is 0 Å². The van der Waals surface area contributed by atoms with E-state index in [0.29, 0.717) is 18.5 Å². The second kappa shape index (κ2) is 8.06. The van der Waals surface area contributed by atoms with E-state index in [0.717, 1.165) is 37.5 Å². The standard InChI is InChI=1S/C21H27N3O2/c1-2-4-18-13-22-11-12-24(18)14-16-6-8-17(9-7-16)20-15-25-19-5-3-10-23-21(19)26-20/h3,5-10,18,20,22H,2,4,11-15H2,1H3. The summed E-state index contributed by atoms with van der Waals surface area (Å²) in [6, 6.07) is 13.2. The minimum Gasteiger partial charge on any atom is -0.484 e. The van der Waals surface area contributed by atoms with Crippen LogP contribution in [0, 0.1) is 0 Å². The zero-order valence-corrected chi connectivity index (χ0v) is 15.4. The third-order valence-electron chi connectivity index (χ3n) is 5.21. The predicted octanol–water partition coefficient (Wildman–Crippen LogP) is 3.17. The van der Waals surface area contributed by atoms with Crippen LogP contribution in [0.25, 0.3) is 0 Å². The van der Waals surface area contributed by atoms with Crippen LogP contribution < -0.4 is 14.8 Å². The van der Waals surface area contributed by atoms with Gasteiger partial charge < -0.3 is 14.8 Å². The van der Waals surface area contributed by atoms with E-state index in [1.165, 1.54) is 18.4 Å². The summed E-state index contributed by atoms with van der Waals surface area (Å²) in [5, 5.41) is 3.52. The average molecular weight is 353 g/mol. The molecule has 2 aromatic rings. The van der Waals surface area contributed by atoms with Crippen LogP contribution in [-0.2, 0) is 6.54 Å². The van der Waals surface area contributed by atoms with Crippen LogP contribution in [-0.4, -0.2) is 42.2 Å². The summed E-state index contributed by atoms with van der Waals surface area (Å²) < 4.78 is 11.8. The molecule has 5 heteroatoms. The fourth-order valence-electron chi connectivity index (χ4n) is 3.77. The zero-order valence-electron chi connectivity index (χ0n) is 15.4. The smallest absolute Gasteiger partial charge is 0.257 e. The van der Waals surface area contributed by atoms with Gasteiger partial charge >= 0.3 is 0 Å². The number of fused-ring (bicyclic) bond motifs is 1. The molecule has 0 saturated carbocycles. The molecule has 1 aromatic carbocycles. The van der Waals surface area contributed by atoms with E-state index in [1.807, 2.05) is 12.1 Å². The molecule has 26 heavy (non-hydrogen) atoms. The molecular formula is C21H27N3O2. The topological polar surface area (TPSA) is 46.6 Å². The van der Waals surface area contributed by atoms with E-state index >= 15 is 0 Å². The molecular weight excluding hydrogens is 326 g/mol. The molecule has 0 amide bonds. The fourth-order valence-corrected chi connectivity index (χ4v) is 3.77. The molecule has 0 radical (unpaired) electrons. The number of benzene rings is 1. The first-order valence-electron chi connectivity index (χ1n) is 9.61. The van der Waals surface area contributed by atoms with E-state index in [9.17, 15) is 0 Å². The minimum atomic E-state index is -0.0986. The lowest BCUT2D eigenvalue weighted by Crippen LogP contribution is -2.50. The first-order chi connectivity index (χ1) is 12.8. The van der Waals surface area contributed by atoms with Gasteiger partial charge in [-0.25, -0.2) is 4.98 Å². The molecule has 1 aromatic heterocycles. The summed E-state index contributed by atoms with van der Waals surface area (Å²) in [6.07, 6.45) is 4.12. The lowest BCUT2D eigenvalue weighted by Gasteiger charge is -2.36. The van der Waals surface area contributed by atoms with Crippen molar-refractivity contribution < 1.29 is 9.47 Å². The Balaban J connectivity index is 1.41. The highest BCUT2D eigenvalue weighted by molar-refractivity contribution is 5.35. The van der Waals surface area contributed by atoms with Gasteiger partial charge in [0, 0.05) is 38.4 Å². The van der Waals surface area contributed by atoms with Crippen molar-refractivity contribution in [1.29, 1.82) is 0 Å². The lowest BCUT2D eigenvalue weighted by atomic mass is 10.0. The van der Waals surface area contributed by atoms with Gasteiger partial charge in [-0.15, -0.1) is 0 Å². The number of piperazine rings is 1. The van der Waals surface area contributed by atoms with Crippen LogP contribution in [0.15, 0.2) is 42.6 Å². The molecule has 1 N–H and O–H groups in total. The number of aromatic nitrogens is 1. The summed E-state index contributed by atoms with van der Waals surface area (Å²) in [5.74, 6) is 1.30. The quantitative estimate of drug-likeness (QED) is 0.895. The van der Waals surface area contributed by atoms with Crippen LogP contribution in [0.4, 0.5) is 0 Å². The van der Waals surface area contributed by atoms with Gasteiger partial charge in [-0.05, 0) is 29.7 Å². The number of ether oxygens (including phenoxy) is 2. The Bertz CT molecular complexity index is 717.